The van der Waals surface area contributed by atoms with Gasteiger partial charge in [0, 0.05) is 25.9 Å². The minimum atomic E-state index is -0.194. The van der Waals surface area contributed by atoms with Crippen LogP contribution in [0, 0.1) is 0 Å². The van der Waals surface area contributed by atoms with Crippen molar-refractivity contribution in [2.75, 3.05) is 7.11 Å². The minimum absolute atomic E-state index is 0.194. The molecule has 0 aliphatic carbocycles. The lowest BCUT2D eigenvalue weighted by Crippen LogP contribution is -2.06. The van der Waals surface area contributed by atoms with Gasteiger partial charge in [-0.15, -0.1) is 0 Å². The van der Waals surface area contributed by atoms with Crippen molar-refractivity contribution >= 4 is 11.6 Å². The molecule has 5 nitrogen and oxygen atoms in total. The molecule has 0 saturated heterocycles. The van der Waals surface area contributed by atoms with Crippen molar-refractivity contribution in [1.82, 2.24) is 19.7 Å². The lowest BCUT2D eigenvalue weighted by Gasteiger charge is -2.10. The number of hydrogen-bond acceptors (Lipinski definition) is 4. The molecule has 0 unspecified atom stereocenters. The van der Waals surface area contributed by atoms with E-state index in [1.165, 1.54) is 0 Å². The summed E-state index contributed by atoms with van der Waals surface area (Å²) < 4.78 is 7.08. The van der Waals surface area contributed by atoms with Crippen LogP contribution >= 0.6 is 11.6 Å². The molecule has 0 radical (unpaired) electrons. The fraction of sp³-hybridized carbons (Fsp3) is 0.417. The summed E-state index contributed by atoms with van der Waals surface area (Å²) in [6.45, 7) is 4.68. The fourth-order valence-electron chi connectivity index (χ4n) is 1.66. The van der Waals surface area contributed by atoms with Gasteiger partial charge < -0.3 is 4.74 Å². The van der Waals surface area contributed by atoms with Crippen LogP contribution in [0.25, 0.3) is 11.4 Å². The van der Waals surface area contributed by atoms with Gasteiger partial charge in [0.15, 0.2) is 5.82 Å². The molecule has 0 aliphatic rings. The van der Waals surface area contributed by atoms with E-state index in [0.29, 0.717) is 11.0 Å². The van der Waals surface area contributed by atoms with Crippen LogP contribution in [0.15, 0.2) is 18.3 Å². The highest BCUT2D eigenvalue weighted by atomic mass is 35.5. The van der Waals surface area contributed by atoms with Gasteiger partial charge in [-0.25, -0.2) is 9.97 Å². The van der Waals surface area contributed by atoms with E-state index in [1.807, 2.05) is 24.6 Å². The molecule has 2 aromatic rings. The molecule has 0 amide bonds. The summed E-state index contributed by atoms with van der Waals surface area (Å²) in [6, 6.07) is 3.64. The van der Waals surface area contributed by atoms with Gasteiger partial charge in [-0.1, -0.05) is 11.6 Å². The Bertz CT molecular complexity index is 541. The number of methoxy groups -OCH3 is 1. The van der Waals surface area contributed by atoms with Crippen LogP contribution in [0.5, 0.6) is 0 Å². The van der Waals surface area contributed by atoms with Gasteiger partial charge in [0.05, 0.1) is 11.4 Å². The van der Waals surface area contributed by atoms with Gasteiger partial charge in [-0.05, 0) is 19.9 Å². The van der Waals surface area contributed by atoms with E-state index in [-0.39, 0.29) is 6.10 Å². The van der Waals surface area contributed by atoms with Crippen molar-refractivity contribution in [1.29, 1.82) is 0 Å². The summed E-state index contributed by atoms with van der Waals surface area (Å²) in [5.41, 5.74) is 1.68. The SMILES string of the molecule is CCn1nccc1-c1cc(Cl)nc([C@H](C)OC)n1. The Kier molecular flexibility index (Phi) is 3.93. The Morgan fingerprint density at radius 1 is 1.44 bits per heavy atom. The van der Waals surface area contributed by atoms with E-state index in [0.717, 1.165) is 17.9 Å². The van der Waals surface area contributed by atoms with Crippen molar-refractivity contribution in [2.45, 2.75) is 26.5 Å². The minimum Gasteiger partial charge on any atom is -0.374 e. The topological polar surface area (TPSA) is 52.8 Å². The molecule has 6 heteroatoms. The van der Waals surface area contributed by atoms with Gasteiger partial charge in [0.25, 0.3) is 0 Å². The number of hydrogen-bond donors (Lipinski definition) is 0. The van der Waals surface area contributed by atoms with Crippen LogP contribution in [0.3, 0.4) is 0 Å². The van der Waals surface area contributed by atoms with Crippen molar-refractivity contribution in [3.63, 3.8) is 0 Å². The first-order valence-corrected chi connectivity index (χ1v) is 6.13. The van der Waals surface area contributed by atoms with Crippen molar-refractivity contribution in [3.05, 3.63) is 29.3 Å². The fourth-order valence-corrected chi connectivity index (χ4v) is 1.85. The molecular formula is C12H15ClN4O. The number of rotatable bonds is 4. The third kappa shape index (κ3) is 2.52. The first-order valence-electron chi connectivity index (χ1n) is 5.75. The molecule has 2 rings (SSSR count). The standard InChI is InChI=1S/C12H15ClN4O/c1-4-17-10(5-6-14-17)9-7-11(13)16-12(15-9)8(2)18-3/h5-8H,4H2,1-3H3/t8-/m0/s1. The van der Waals surface area contributed by atoms with Crippen LogP contribution in [0.1, 0.15) is 25.8 Å². The predicted octanol–water partition coefficient (Wildman–Crippen LogP) is 2.72. The van der Waals surface area contributed by atoms with E-state index >= 15 is 0 Å². The average molecular weight is 267 g/mol. The smallest absolute Gasteiger partial charge is 0.159 e. The van der Waals surface area contributed by atoms with Crippen molar-refractivity contribution < 1.29 is 4.74 Å². The molecule has 96 valence electrons. The highest BCUT2D eigenvalue weighted by molar-refractivity contribution is 6.29. The molecule has 0 aromatic carbocycles. The maximum absolute atomic E-state index is 6.03. The number of aryl methyl sites for hydroxylation is 1. The van der Waals surface area contributed by atoms with Crippen molar-refractivity contribution in [2.24, 2.45) is 0 Å². The Balaban J connectivity index is 2.48. The van der Waals surface area contributed by atoms with E-state index in [2.05, 4.69) is 15.1 Å². The molecule has 0 N–H and O–H groups in total. The summed E-state index contributed by atoms with van der Waals surface area (Å²) in [7, 11) is 1.62. The molecular weight excluding hydrogens is 252 g/mol. The third-order valence-corrected chi connectivity index (χ3v) is 2.90. The molecule has 2 aromatic heterocycles. The summed E-state index contributed by atoms with van der Waals surface area (Å²) >= 11 is 6.03. The van der Waals surface area contributed by atoms with E-state index in [4.69, 9.17) is 16.3 Å². The third-order valence-electron chi connectivity index (χ3n) is 2.71. The Labute approximate surface area is 111 Å². The van der Waals surface area contributed by atoms with Gasteiger partial charge in [-0.3, -0.25) is 4.68 Å². The Morgan fingerprint density at radius 2 is 2.22 bits per heavy atom. The zero-order valence-corrected chi connectivity index (χ0v) is 11.3. The average Bonchev–Trinajstić information content (AvgIpc) is 2.85. The van der Waals surface area contributed by atoms with Crippen molar-refractivity contribution in [3.8, 4) is 11.4 Å². The van der Waals surface area contributed by atoms with E-state index in [1.54, 1.807) is 19.4 Å². The van der Waals surface area contributed by atoms with Crippen LogP contribution < -0.4 is 0 Å². The Hall–Kier alpha value is -1.46. The van der Waals surface area contributed by atoms with E-state index < -0.39 is 0 Å². The molecule has 1 atom stereocenters. The number of ether oxygens (including phenoxy) is 1. The summed E-state index contributed by atoms with van der Waals surface area (Å²) in [6.07, 6.45) is 1.55. The number of nitrogens with zero attached hydrogens (tertiary/aromatic N) is 4. The molecule has 2 heterocycles. The largest absolute Gasteiger partial charge is 0.374 e. The second kappa shape index (κ2) is 5.46. The normalized spacial score (nSPS) is 12.7. The van der Waals surface area contributed by atoms with Gasteiger partial charge in [0.1, 0.15) is 11.3 Å². The summed E-state index contributed by atoms with van der Waals surface area (Å²) in [5.74, 6) is 0.573. The molecule has 18 heavy (non-hydrogen) atoms. The van der Waals surface area contributed by atoms with E-state index in [9.17, 15) is 0 Å². The van der Waals surface area contributed by atoms with Gasteiger partial charge in [0.2, 0.25) is 0 Å². The number of halogens is 1. The second-order valence-corrected chi connectivity index (χ2v) is 4.23. The first kappa shape index (κ1) is 13.0. The monoisotopic (exact) mass is 266 g/mol. The van der Waals surface area contributed by atoms with Crippen LogP contribution in [0.4, 0.5) is 0 Å². The zero-order chi connectivity index (χ0) is 13.1. The second-order valence-electron chi connectivity index (χ2n) is 3.84. The summed E-state index contributed by atoms with van der Waals surface area (Å²) in [5, 5.41) is 4.62. The number of aromatic nitrogens is 4. The first-order chi connectivity index (χ1) is 8.65. The maximum Gasteiger partial charge on any atom is 0.159 e. The maximum atomic E-state index is 6.03. The highest BCUT2D eigenvalue weighted by Crippen LogP contribution is 2.22. The van der Waals surface area contributed by atoms with Crippen LogP contribution in [0.2, 0.25) is 5.15 Å². The molecule has 0 bridgehead atoms. The molecule has 0 aliphatic heterocycles. The quantitative estimate of drug-likeness (QED) is 0.799. The van der Waals surface area contributed by atoms with Gasteiger partial charge >= 0.3 is 0 Å². The molecule has 0 spiro atoms. The lowest BCUT2D eigenvalue weighted by molar-refractivity contribution is 0.112. The van der Waals surface area contributed by atoms with Crippen LogP contribution in [-0.4, -0.2) is 26.9 Å². The van der Waals surface area contributed by atoms with Gasteiger partial charge in [-0.2, -0.15) is 5.10 Å². The zero-order valence-electron chi connectivity index (χ0n) is 10.6. The predicted molar refractivity (Wildman–Crippen MR) is 69.4 cm³/mol. The van der Waals surface area contributed by atoms with Crippen LogP contribution in [-0.2, 0) is 11.3 Å². The molecule has 0 fully saturated rings. The Morgan fingerprint density at radius 3 is 2.89 bits per heavy atom. The summed E-state index contributed by atoms with van der Waals surface area (Å²) in [4.78, 5) is 8.64. The highest BCUT2D eigenvalue weighted by Gasteiger charge is 2.13. The lowest BCUT2D eigenvalue weighted by atomic mass is 10.2. The molecule has 0 saturated carbocycles.